The highest BCUT2D eigenvalue weighted by Crippen LogP contribution is 2.29. The average molecular weight is 422 g/mol. The van der Waals surface area contributed by atoms with Gasteiger partial charge in [0.2, 0.25) is 10.0 Å². The van der Waals surface area contributed by atoms with Crippen molar-refractivity contribution >= 4 is 39.0 Å². The number of urea groups is 1. The van der Waals surface area contributed by atoms with E-state index in [0.717, 1.165) is 32.1 Å². The zero-order valence-corrected chi connectivity index (χ0v) is 17.3. The van der Waals surface area contributed by atoms with Crippen LogP contribution in [0, 0.1) is 0 Å². The highest BCUT2D eigenvalue weighted by atomic mass is 35.5. The van der Waals surface area contributed by atoms with Crippen molar-refractivity contribution in [3.63, 3.8) is 0 Å². The van der Waals surface area contributed by atoms with Gasteiger partial charge in [-0.15, -0.1) is 0 Å². The second-order valence-electron chi connectivity index (χ2n) is 6.90. The van der Waals surface area contributed by atoms with Crippen LogP contribution in [0.15, 0.2) is 53.4 Å². The third-order valence-corrected chi connectivity index (χ3v) is 7.20. The standard InChI is InChI=1S/C20H24ClN3O3S/c1-24(17-7-3-2-4-8-17)28(26,27)19-10-6-5-9-18(19)23-20(25)22-16-13-11-15(21)12-14-16/h5-6,9-14,17H,2-4,7-8H2,1H3,(H2,22,23,25). The summed E-state index contributed by atoms with van der Waals surface area (Å²) >= 11 is 5.84. The number of nitrogens with zero attached hydrogens (tertiary/aromatic N) is 1. The van der Waals surface area contributed by atoms with Crippen molar-refractivity contribution in [1.29, 1.82) is 0 Å². The van der Waals surface area contributed by atoms with Crippen molar-refractivity contribution in [2.75, 3.05) is 17.7 Å². The number of anilines is 2. The minimum atomic E-state index is -3.72. The lowest BCUT2D eigenvalue weighted by atomic mass is 9.96. The molecule has 28 heavy (non-hydrogen) atoms. The normalized spacial score (nSPS) is 15.4. The van der Waals surface area contributed by atoms with Gasteiger partial charge in [0.05, 0.1) is 5.69 Å². The van der Waals surface area contributed by atoms with Gasteiger partial charge in [0.25, 0.3) is 0 Å². The molecule has 1 aliphatic rings. The van der Waals surface area contributed by atoms with E-state index < -0.39 is 16.1 Å². The minimum absolute atomic E-state index is 0.00491. The quantitative estimate of drug-likeness (QED) is 0.717. The predicted molar refractivity (Wildman–Crippen MR) is 112 cm³/mol. The Kier molecular flexibility index (Phi) is 6.59. The molecule has 6 nitrogen and oxygen atoms in total. The number of carbonyl (C=O) groups is 1. The van der Waals surface area contributed by atoms with Crippen molar-refractivity contribution in [1.82, 2.24) is 4.31 Å². The van der Waals surface area contributed by atoms with E-state index in [1.165, 1.54) is 10.4 Å². The highest BCUT2D eigenvalue weighted by Gasteiger charge is 2.30. The molecule has 0 atom stereocenters. The van der Waals surface area contributed by atoms with Gasteiger partial charge in [-0.2, -0.15) is 4.31 Å². The molecule has 0 radical (unpaired) electrons. The Balaban J connectivity index is 1.78. The number of nitrogens with one attached hydrogen (secondary N) is 2. The monoisotopic (exact) mass is 421 g/mol. The van der Waals surface area contributed by atoms with Crippen LogP contribution in [-0.2, 0) is 10.0 Å². The number of rotatable bonds is 5. The van der Waals surface area contributed by atoms with Crippen molar-refractivity contribution in [3.8, 4) is 0 Å². The summed E-state index contributed by atoms with van der Waals surface area (Å²) in [6, 6.07) is 12.6. The molecule has 150 valence electrons. The molecule has 1 fully saturated rings. The number of hydrogen-bond donors (Lipinski definition) is 2. The van der Waals surface area contributed by atoms with Crippen LogP contribution >= 0.6 is 11.6 Å². The third kappa shape index (κ3) is 4.84. The lowest BCUT2D eigenvalue weighted by molar-refractivity contribution is 0.262. The van der Waals surface area contributed by atoms with Gasteiger partial charge in [-0.05, 0) is 49.2 Å². The smallest absolute Gasteiger partial charge is 0.308 e. The van der Waals surface area contributed by atoms with Gasteiger partial charge in [0.15, 0.2) is 0 Å². The van der Waals surface area contributed by atoms with E-state index >= 15 is 0 Å². The molecule has 0 aromatic heterocycles. The Morgan fingerprint density at radius 3 is 2.32 bits per heavy atom. The van der Waals surface area contributed by atoms with Gasteiger partial charge in [-0.25, -0.2) is 13.2 Å². The molecule has 0 saturated heterocycles. The molecule has 0 spiro atoms. The first-order chi connectivity index (χ1) is 13.4. The molecule has 8 heteroatoms. The fraction of sp³-hybridized carbons (Fsp3) is 0.350. The molecule has 2 aromatic carbocycles. The zero-order chi connectivity index (χ0) is 20.1. The Bertz CT molecular complexity index is 926. The fourth-order valence-electron chi connectivity index (χ4n) is 3.41. The molecule has 0 unspecified atom stereocenters. The first-order valence-electron chi connectivity index (χ1n) is 9.28. The van der Waals surface area contributed by atoms with Gasteiger partial charge >= 0.3 is 6.03 Å². The average Bonchev–Trinajstić information content (AvgIpc) is 2.70. The van der Waals surface area contributed by atoms with E-state index in [0.29, 0.717) is 10.7 Å². The first-order valence-corrected chi connectivity index (χ1v) is 11.1. The number of carbonyl (C=O) groups excluding carboxylic acids is 1. The van der Waals surface area contributed by atoms with Crippen LogP contribution in [0.1, 0.15) is 32.1 Å². The van der Waals surface area contributed by atoms with E-state index in [1.807, 2.05) is 0 Å². The predicted octanol–water partition coefficient (Wildman–Crippen LogP) is 4.94. The number of amides is 2. The Morgan fingerprint density at radius 2 is 1.64 bits per heavy atom. The second kappa shape index (κ2) is 8.94. The number of halogens is 1. The molecule has 2 aromatic rings. The summed E-state index contributed by atoms with van der Waals surface area (Å²) in [7, 11) is -2.10. The lowest BCUT2D eigenvalue weighted by Crippen LogP contribution is -2.38. The summed E-state index contributed by atoms with van der Waals surface area (Å²) in [6.45, 7) is 0. The van der Waals surface area contributed by atoms with Gasteiger partial charge in [-0.3, -0.25) is 0 Å². The van der Waals surface area contributed by atoms with E-state index in [2.05, 4.69) is 10.6 Å². The topological polar surface area (TPSA) is 78.5 Å². The second-order valence-corrected chi connectivity index (χ2v) is 9.30. The molecular formula is C20H24ClN3O3S. The summed E-state index contributed by atoms with van der Waals surface area (Å²) in [6.07, 6.45) is 4.94. The summed E-state index contributed by atoms with van der Waals surface area (Å²) < 4.78 is 27.8. The summed E-state index contributed by atoms with van der Waals surface area (Å²) in [5.41, 5.74) is 0.804. The van der Waals surface area contributed by atoms with E-state index in [9.17, 15) is 13.2 Å². The molecule has 2 N–H and O–H groups in total. The van der Waals surface area contributed by atoms with Crippen LogP contribution in [-0.4, -0.2) is 31.8 Å². The van der Waals surface area contributed by atoms with Gasteiger partial charge in [0, 0.05) is 23.8 Å². The van der Waals surface area contributed by atoms with Crippen molar-refractivity contribution in [2.45, 2.75) is 43.0 Å². The number of benzene rings is 2. The van der Waals surface area contributed by atoms with Crippen molar-refractivity contribution in [3.05, 3.63) is 53.6 Å². The highest BCUT2D eigenvalue weighted by molar-refractivity contribution is 7.89. The van der Waals surface area contributed by atoms with Crippen molar-refractivity contribution in [2.24, 2.45) is 0 Å². The molecule has 0 bridgehead atoms. The summed E-state index contributed by atoms with van der Waals surface area (Å²) in [5.74, 6) is 0. The zero-order valence-electron chi connectivity index (χ0n) is 15.7. The van der Waals surface area contributed by atoms with Crippen LogP contribution < -0.4 is 10.6 Å². The maximum atomic E-state index is 13.2. The molecule has 2 amide bonds. The fourth-order valence-corrected chi connectivity index (χ4v) is 5.10. The Morgan fingerprint density at radius 1 is 1.00 bits per heavy atom. The molecule has 1 saturated carbocycles. The number of para-hydroxylation sites is 1. The van der Waals surface area contributed by atoms with E-state index in [1.54, 1.807) is 49.5 Å². The number of sulfonamides is 1. The Hall–Kier alpha value is -2.09. The maximum Gasteiger partial charge on any atom is 0.323 e. The summed E-state index contributed by atoms with van der Waals surface area (Å²) in [5, 5.41) is 5.88. The van der Waals surface area contributed by atoms with Crippen LogP contribution in [0.25, 0.3) is 0 Å². The van der Waals surface area contributed by atoms with E-state index in [-0.39, 0.29) is 16.6 Å². The van der Waals surface area contributed by atoms with Crippen LogP contribution in [0.2, 0.25) is 5.02 Å². The number of hydrogen-bond acceptors (Lipinski definition) is 3. The van der Waals surface area contributed by atoms with Gasteiger partial charge in [0.1, 0.15) is 4.90 Å². The molecule has 0 heterocycles. The van der Waals surface area contributed by atoms with Crippen molar-refractivity contribution < 1.29 is 13.2 Å². The minimum Gasteiger partial charge on any atom is -0.308 e. The third-order valence-electron chi connectivity index (χ3n) is 4.98. The molecule has 3 rings (SSSR count). The SMILES string of the molecule is CN(C1CCCCC1)S(=O)(=O)c1ccccc1NC(=O)Nc1ccc(Cl)cc1. The first kappa shape index (κ1) is 20.6. The van der Waals surface area contributed by atoms with Gasteiger partial charge in [-0.1, -0.05) is 43.0 Å². The van der Waals surface area contributed by atoms with Crippen LogP contribution in [0.4, 0.5) is 16.2 Å². The Labute approximate surface area is 170 Å². The lowest BCUT2D eigenvalue weighted by Gasteiger charge is -2.30. The van der Waals surface area contributed by atoms with Gasteiger partial charge < -0.3 is 10.6 Å². The van der Waals surface area contributed by atoms with Crippen LogP contribution in [0.5, 0.6) is 0 Å². The molecule has 0 aliphatic heterocycles. The maximum absolute atomic E-state index is 13.2. The largest absolute Gasteiger partial charge is 0.323 e. The van der Waals surface area contributed by atoms with E-state index in [4.69, 9.17) is 11.6 Å². The molecule has 1 aliphatic carbocycles. The summed E-state index contributed by atoms with van der Waals surface area (Å²) in [4.78, 5) is 12.4. The molecular weight excluding hydrogens is 398 g/mol. The van der Waals surface area contributed by atoms with Crippen LogP contribution in [0.3, 0.4) is 0 Å².